The quantitative estimate of drug-likeness (QED) is 0.611. The van der Waals surface area contributed by atoms with E-state index in [9.17, 15) is 13.2 Å². The van der Waals surface area contributed by atoms with Crippen molar-refractivity contribution in [2.24, 2.45) is 5.10 Å². The number of nitrogens with zero attached hydrogens (tertiary/aromatic N) is 1. The fraction of sp³-hybridized carbons (Fsp3) is 0.133. The maximum absolute atomic E-state index is 12.9. The molecule has 6 heteroatoms. The van der Waals surface area contributed by atoms with Crippen molar-refractivity contribution in [1.29, 1.82) is 0 Å². The van der Waals surface area contributed by atoms with Crippen LogP contribution in [0.15, 0.2) is 53.6 Å². The summed E-state index contributed by atoms with van der Waals surface area (Å²) in [6.07, 6.45) is -4.43. The number of para-hydroxylation sites is 1. The Kier molecular flexibility index (Phi) is 4.53. The van der Waals surface area contributed by atoms with E-state index in [4.69, 9.17) is 11.6 Å². The molecule has 2 aromatic rings. The van der Waals surface area contributed by atoms with Crippen LogP contribution in [-0.4, -0.2) is 5.71 Å². The lowest BCUT2D eigenvalue weighted by Crippen LogP contribution is -2.09. The van der Waals surface area contributed by atoms with Gasteiger partial charge in [-0.2, -0.15) is 18.3 Å². The van der Waals surface area contributed by atoms with Crippen LogP contribution in [0.5, 0.6) is 0 Å². The van der Waals surface area contributed by atoms with Crippen LogP contribution in [-0.2, 0) is 6.18 Å². The van der Waals surface area contributed by atoms with Crippen LogP contribution in [0.25, 0.3) is 0 Å². The number of hydrogen-bond donors (Lipinski definition) is 1. The zero-order valence-corrected chi connectivity index (χ0v) is 11.8. The van der Waals surface area contributed by atoms with E-state index in [1.807, 2.05) is 0 Å². The molecule has 2 aromatic carbocycles. The average molecular weight is 313 g/mol. The molecule has 0 atom stereocenters. The molecule has 110 valence electrons. The average Bonchev–Trinajstić information content (AvgIpc) is 2.44. The molecule has 0 aliphatic carbocycles. The topological polar surface area (TPSA) is 24.4 Å². The predicted octanol–water partition coefficient (Wildman–Crippen LogP) is 5.19. The molecule has 0 aliphatic rings. The van der Waals surface area contributed by atoms with Gasteiger partial charge in [-0.1, -0.05) is 41.9 Å². The van der Waals surface area contributed by atoms with E-state index < -0.39 is 11.7 Å². The lowest BCUT2D eigenvalue weighted by Gasteiger charge is -2.12. The number of rotatable bonds is 3. The van der Waals surface area contributed by atoms with E-state index in [0.29, 0.717) is 16.3 Å². The van der Waals surface area contributed by atoms with Gasteiger partial charge in [0.1, 0.15) is 0 Å². The van der Waals surface area contributed by atoms with Crippen LogP contribution in [0.1, 0.15) is 18.1 Å². The molecule has 0 aromatic heterocycles. The molecular formula is C15H12ClF3N2. The molecular weight excluding hydrogens is 301 g/mol. The number of hydrazone groups is 1. The van der Waals surface area contributed by atoms with Crippen LogP contribution >= 0.6 is 11.6 Å². The standard InChI is InChI=1S/C15H12ClF3N2/c1-10(11-6-2-4-8-13(11)16)20-21-14-9-5-3-7-12(14)15(17,18)19/h2-9,21H,1H3. The van der Waals surface area contributed by atoms with Crippen molar-refractivity contribution >= 4 is 23.0 Å². The number of alkyl halides is 3. The van der Waals surface area contributed by atoms with Crippen LogP contribution in [0.4, 0.5) is 18.9 Å². The van der Waals surface area contributed by atoms with Crippen LogP contribution < -0.4 is 5.43 Å². The first kappa shape index (κ1) is 15.4. The fourth-order valence-corrected chi connectivity index (χ4v) is 2.06. The van der Waals surface area contributed by atoms with Crippen molar-refractivity contribution in [2.45, 2.75) is 13.1 Å². The number of halogens is 4. The van der Waals surface area contributed by atoms with Crippen molar-refractivity contribution in [3.05, 3.63) is 64.7 Å². The maximum Gasteiger partial charge on any atom is 0.418 e. The first-order valence-electron chi connectivity index (χ1n) is 6.11. The van der Waals surface area contributed by atoms with Gasteiger partial charge in [-0.15, -0.1) is 0 Å². The largest absolute Gasteiger partial charge is 0.418 e. The van der Waals surface area contributed by atoms with Gasteiger partial charge in [-0.05, 0) is 25.1 Å². The Morgan fingerprint density at radius 3 is 2.33 bits per heavy atom. The molecule has 0 radical (unpaired) electrons. The van der Waals surface area contributed by atoms with Gasteiger partial charge < -0.3 is 0 Å². The zero-order chi connectivity index (χ0) is 15.5. The normalized spacial score (nSPS) is 12.3. The number of hydrogen-bond acceptors (Lipinski definition) is 2. The molecule has 0 aliphatic heterocycles. The SMILES string of the molecule is CC(=NNc1ccccc1C(F)(F)F)c1ccccc1Cl. The van der Waals surface area contributed by atoms with E-state index >= 15 is 0 Å². The van der Waals surface area contributed by atoms with E-state index in [1.165, 1.54) is 18.2 Å². The molecule has 0 unspecified atom stereocenters. The molecule has 21 heavy (non-hydrogen) atoms. The highest BCUT2D eigenvalue weighted by atomic mass is 35.5. The summed E-state index contributed by atoms with van der Waals surface area (Å²) in [4.78, 5) is 0. The second-order valence-corrected chi connectivity index (χ2v) is 4.74. The molecule has 0 spiro atoms. The minimum Gasteiger partial charge on any atom is -0.278 e. The van der Waals surface area contributed by atoms with Crippen molar-refractivity contribution in [1.82, 2.24) is 0 Å². The highest BCUT2D eigenvalue weighted by molar-refractivity contribution is 6.34. The maximum atomic E-state index is 12.9. The molecule has 1 N–H and O–H groups in total. The van der Waals surface area contributed by atoms with Gasteiger partial charge in [0.05, 0.1) is 17.0 Å². The predicted molar refractivity (Wildman–Crippen MR) is 78.7 cm³/mol. The molecule has 0 fully saturated rings. The van der Waals surface area contributed by atoms with E-state index in [2.05, 4.69) is 10.5 Å². The van der Waals surface area contributed by atoms with Gasteiger partial charge >= 0.3 is 6.18 Å². The van der Waals surface area contributed by atoms with E-state index in [1.54, 1.807) is 31.2 Å². The summed E-state index contributed by atoms with van der Waals surface area (Å²) in [6.45, 7) is 1.67. The first-order chi connectivity index (χ1) is 9.89. The van der Waals surface area contributed by atoms with Crippen molar-refractivity contribution in [2.75, 3.05) is 5.43 Å². The first-order valence-corrected chi connectivity index (χ1v) is 6.49. The van der Waals surface area contributed by atoms with Gasteiger partial charge in [0.25, 0.3) is 0 Å². The Morgan fingerprint density at radius 2 is 1.67 bits per heavy atom. The second kappa shape index (κ2) is 6.18. The van der Waals surface area contributed by atoms with Gasteiger partial charge in [0.2, 0.25) is 0 Å². The summed E-state index contributed by atoms with van der Waals surface area (Å²) in [5.74, 6) is 0. The Morgan fingerprint density at radius 1 is 1.05 bits per heavy atom. The van der Waals surface area contributed by atoms with Crippen LogP contribution in [0, 0.1) is 0 Å². The summed E-state index contributed by atoms with van der Waals surface area (Å²) in [5.41, 5.74) is 2.75. The minimum absolute atomic E-state index is 0.101. The Bertz CT molecular complexity index is 666. The molecule has 2 nitrogen and oxygen atoms in total. The Balaban J connectivity index is 2.28. The summed E-state index contributed by atoms with van der Waals surface area (Å²) in [7, 11) is 0. The summed E-state index contributed by atoms with van der Waals surface area (Å²) >= 11 is 6.02. The Labute approximate surface area is 125 Å². The fourth-order valence-electron chi connectivity index (χ4n) is 1.79. The summed E-state index contributed by atoms with van der Waals surface area (Å²) in [6, 6.07) is 12.2. The van der Waals surface area contributed by atoms with Crippen molar-refractivity contribution < 1.29 is 13.2 Å². The third kappa shape index (κ3) is 3.76. The third-order valence-electron chi connectivity index (χ3n) is 2.84. The highest BCUT2D eigenvalue weighted by Gasteiger charge is 2.33. The van der Waals surface area contributed by atoms with Crippen LogP contribution in [0.2, 0.25) is 5.02 Å². The smallest absolute Gasteiger partial charge is 0.278 e. The van der Waals surface area contributed by atoms with Crippen molar-refractivity contribution in [3.8, 4) is 0 Å². The Hall–Kier alpha value is -2.01. The van der Waals surface area contributed by atoms with Gasteiger partial charge in [-0.25, -0.2) is 0 Å². The van der Waals surface area contributed by atoms with Crippen molar-refractivity contribution in [3.63, 3.8) is 0 Å². The number of nitrogens with one attached hydrogen (secondary N) is 1. The summed E-state index contributed by atoms with van der Waals surface area (Å²) < 4.78 is 38.6. The lowest BCUT2D eigenvalue weighted by atomic mass is 10.1. The van der Waals surface area contributed by atoms with Crippen LogP contribution in [0.3, 0.4) is 0 Å². The zero-order valence-electron chi connectivity index (χ0n) is 11.1. The second-order valence-electron chi connectivity index (χ2n) is 4.33. The summed E-state index contributed by atoms with van der Waals surface area (Å²) in [5, 5.41) is 4.47. The third-order valence-corrected chi connectivity index (χ3v) is 3.17. The number of anilines is 1. The van der Waals surface area contributed by atoms with E-state index in [0.717, 1.165) is 6.07 Å². The van der Waals surface area contributed by atoms with Gasteiger partial charge in [0, 0.05) is 10.6 Å². The molecule has 0 amide bonds. The van der Waals surface area contributed by atoms with Gasteiger partial charge in [-0.3, -0.25) is 5.43 Å². The molecule has 0 heterocycles. The molecule has 0 bridgehead atoms. The monoisotopic (exact) mass is 312 g/mol. The minimum atomic E-state index is -4.43. The van der Waals surface area contributed by atoms with E-state index in [-0.39, 0.29) is 5.69 Å². The highest BCUT2D eigenvalue weighted by Crippen LogP contribution is 2.34. The molecule has 0 saturated carbocycles. The molecule has 2 rings (SSSR count). The molecule has 0 saturated heterocycles. The number of benzene rings is 2. The van der Waals surface area contributed by atoms with Gasteiger partial charge in [0.15, 0.2) is 0 Å². The lowest BCUT2D eigenvalue weighted by molar-refractivity contribution is -0.136.